The maximum absolute atomic E-state index is 11.7. The number of hydrogen-bond donors (Lipinski definition) is 2. The van der Waals surface area contributed by atoms with Crippen LogP contribution >= 0.6 is 23.2 Å². The monoisotopic (exact) mass is 305 g/mol. The smallest absolute Gasteiger partial charge is 0.354 e. The van der Waals surface area contributed by atoms with E-state index in [1.807, 2.05) is 0 Å². The summed E-state index contributed by atoms with van der Waals surface area (Å²) >= 11 is 11.4. The number of halogens is 2. The van der Waals surface area contributed by atoms with Crippen molar-refractivity contribution in [3.8, 4) is 0 Å². The number of primary amides is 1. The van der Waals surface area contributed by atoms with Gasteiger partial charge in [0.2, 0.25) is 0 Å². The highest BCUT2D eigenvalue weighted by Crippen LogP contribution is 2.23. The Morgan fingerprint density at radius 2 is 2.26 bits per heavy atom. The van der Waals surface area contributed by atoms with E-state index in [1.54, 1.807) is 0 Å². The molecule has 1 saturated heterocycles. The molecule has 2 heterocycles. The minimum atomic E-state index is -0.565. The van der Waals surface area contributed by atoms with Crippen molar-refractivity contribution < 1.29 is 14.3 Å². The number of aromatic nitrogens is 1. The minimum Gasteiger partial charge on any atom is -0.459 e. The summed E-state index contributed by atoms with van der Waals surface area (Å²) in [6.45, 7) is 0.702. The number of H-pyrrole nitrogens is 1. The molecule has 0 aromatic carbocycles. The maximum atomic E-state index is 11.7. The number of rotatable bonds is 3. The van der Waals surface area contributed by atoms with E-state index >= 15 is 0 Å². The molecule has 0 bridgehead atoms. The van der Waals surface area contributed by atoms with Crippen LogP contribution in [0.25, 0.3) is 0 Å². The third-order valence-corrected chi connectivity index (χ3v) is 3.71. The van der Waals surface area contributed by atoms with Crippen LogP contribution in [0.5, 0.6) is 0 Å². The lowest BCUT2D eigenvalue weighted by Gasteiger charge is -2.21. The van der Waals surface area contributed by atoms with E-state index in [0.29, 0.717) is 6.54 Å². The maximum Gasteiger partial charge on any atom is 0.354 e. The van der Waals surface area contributed by atoms with Crippen molar-refractivity contribution in [1.82, 2.24) is 9.88 Å². The molecule has 0 radical (unpaired) electrons. The zero-order valence-electron chi connectivity index (χ0n) is 9.99. The standard InChI is InChI=1S/C11H13Cl2N3O3/c12-7-4-8(15-9(7)13)10(17)19-5-6-2-1-3-16(6)11(14)18/h4,6,15H,1-3,5H2,(H2,14,18)/t6-/m1/s1. The molecule has 0 saturated carbocycles. The van der Waals surface area contributed by atoms with Crippen molar-refractivity contribution >= 4 is 35.2 Å². The molecule has 19 heavy (non-hydrogen) atoms. The first kappa shape index (κ1) is 14.0. The predicted molar refractivity (Wildman–Crippen MR) is 70.4 cm³/mol. The first-order valence-electron chi connectivity index (χ1n) is 5.76. The molecular formula is C11H13Cl2N3O3. The van der Waals surface area contributed by atoms with E-state index in [2.05, 4.69) is 4.98 Å². The normalized spacial score (nSPS) is 18.6. The number of nitrogens with two attached hydrogens (primary N) is 1. The second-order valence-corrected chi connectivity index (χ2v) is 5.06. The van der Waals surface area contributed by atoms with Crippen molar-refractivity contribution in [3.05, 3.63) is 21.9 Å². The highest BCUT2D eigenvalue weighted by molar-refractivity contribution is 6.41. The Bertz CT molecular complexity index is 484. The number of nitrogens with zero attached hydrogens (tertiary/aromatic N) is 1. The fraction of sp³-hybridized carbons (Fsp3) is 0.455. The molecule has 1 aromatic heterocycles. The Labute approximate surface area is 119 Å². The first-order valence-corrected chi connectivity index (χ1v) is 6.52. The molecule has 1 aliphatic rings. The van der Waals surface area contributed by atoms with Gasteiger partial charge in [0.05, 0.1) is 11.1 Å². The lowest BCUT2D eigenvalue weighted by atomic mass is 10.2. The topological polar surface area (TPSA) is 88.4 Å². The van der Waals surface area contributed by atoms with Gasteiger partial charge in [-0.25, -0.2) is 9.59 Å². The molecule has 1 aliphatic heterocycles. The average Bonchev–Trinajstić information content (AvgIpc) is 2.94. The van der Waals surface area contributed by atoms with Crippen molar-refractivity contribution in [3.63, 3.8) is 0 Å². The van der Waals surface area contributed by atoms with Crippen LogP contribution in [0.3, 0.4) is 0 Å². The number of likely N-dealkylation sites (tertiary alicyclic amines) is 1. The molecule has 0 spiro atoms. The summed E-state index contributed by atoms with van der Waals surface area (Å²) in [5, 5.41) is 0.446. The van der Waals surface area contributed by atoms with E-state index in [-0.39, 0.29) is 28.5 Å². The van der Waals surface area contributed by atoms with Gasteiger partial charge in [0.15, 0.2) is 0 Å². The number of hydrogen-bond acceptors (Lipinski definition) is 3. The van der Waals surface area contributed by atoms with Gasteiger partial charge in [0, 0.05) is 6.54 Å². The van der Waals surface area contributed by atoms with Crippen molar-refractivity contribution in [2.45, 2.75) is 18.9 Å². The summed E-state index contributed by atoms with van der Waals surface area (Å²) in [5.41, 5.74) is 5.41. The molecular weight excluding hydrogens is 293 g/mol. The fourth-order valence-corrected chi connectivity index (χ4v) is 2.38. The van der Waals surface area contributed by atoms with Gasteiger partial charge in [-0.2, -0.15) is 0 Å². The second kappa shape index (κ2) is 5.71. The third-order valence-electron chi connectivity index (χ3n) is 3.01. The summed E-state index contributed by atoms with van der Waals surface area (Å²) < 4.78 is 5.12. The molecule has 2 rings (SSSR count). The summed E-state index contributed by atoms with van der Waals surface area (Å²) in [4.78, 5) is 27.0. The van der Waals surface area contributed by atoms with Crippen molar-refractivity contribution in [2.24, 2.45) is 5.73 Å². The number of carbonyl (C=O) groups excluding carboxylic acids is 2. The summed E-state index contributed by atoms with van der Waals surface area (Å²) in [7, 11) is 0. The van der Waals surface area contributed by atoms with Crippen molar-refractivity contribution in [2.75, 3.05) is 13.2 Å². The van der Waals surface area contributed by atoms with Gasteiger partial charge in [-0.15, -0.1) is 0 Å². The number of carbonyl (C=O) groups is 2. The van der Waals surface area contributed by atoms with E-state index in [1.165, 1.54) is 11.0 Å². The summed E-state index contributed by atoms with van der Waals surface area (Å²) in [5.74, 6) is -0.565. The van der Waals surface area contributed by atoms with Gasteiger partial charge in [0.25, 0.3) is 0 Å². The van der Waals surface area contributed by atoms with Gasteiger partial charge in [-0.1, -0.05) is 23.2 Å². The van der Waals surface area contributed by atoms with Gasteiger partial charge < -0.3 is 20.4 Å². The molecule has 1 fully saturated rings. The molecule has 0 unspecified atom stereocenters. The van der Waals surface area contributed by atoms with Gasteiger partial charge in [-0.05, 0) is 18.9 Å². The summed E-state index contributed by atoms with van der Waals surface area (Å²) in [6.07, 6.45) is 1.62. The molecule has 104 valence electrons. The summed E-state index contributed by atoms with van der Waals surface area (Å²) in [6, 6.07) is 0.735. The Kier molecular flexibility index (Phi) is 4.21. The van der Waals surface area contributed by atoms with Gasteiger partial charge in [-0.3, -0.25) is 0 Å². The third kappa shape index (κ3) is 3.13. The SMILES string of the molecule is NC(=O)N1CCC[C@@H]1COC(=O)c1cc(Cl)c(Cl)[nH]1. The molecule has 6 nitrogen and oxygen atoms in total. The van der Waals surface area contributed by atoms with Crippen LogP contribution in [0.2, 0.25) is 10.2 Å². The van der Waals surface area contributed by atoms with Crippen LogP contribution in [0.15, 0.2) is 6.07 Å². The first-order chi connectivity index (χ1) is 8.99. The van der Waals surface area contributed by atoms with Crippen LogP contribution < -0.4 is 5.73 Å². The molecule has 3 N–H and O–H groups in total. The van der Waals surface area contributed by atoms with E-state index in [4.69, 9.17) is 33.7 Å². The predicted octanol–water partition coefficient (Wildman–Crippen LogP) is 2.02. The Morgan fingerprint density at radius 1 is 1.53 bits per heavy atom. The van der Waals surface area contributed by atoms with Crippen LogP contribution in [-0.4, -0.2) is 41.1 Å². The van der Waals surface area contributed by atoms with Crippen LogP contribution in [-0.2, 0) is 4.74 Å². The molecule has 8 heteroatoms. The lowest BCUT2D eigenvalue weighted by molar-refractivity contribution is 0.0416. The molecule has 2 amide bonds. The number of ether oxygens (including phenoxy) is 1. The van der Waals surface area contributed by atoms with Gasteiger partial charge in [0.1, 0.15) is 17.5 Å². The number of esters is 1. The highest BCUT2D eigenvalue weighted by Gasteiger charge is 2.28. The Morgan fingerprint density at radius 3 is 2.84 bits per heavy atom. The number of amides is 2. The number of aromatic amines is 1. The van der Waals surface area contributed by atoms with Crippen LogP contribution in [0.4, 0.5) is 4.79 Å². The largest absolute Gasteiger partial charge is 0.459 e. The van der Waals surface area contributed by atoms with E-state index in [0.717, 1.165) is 12.8 Å². The number of urea groups is 1. The Hall–Kier alpha value is -1.40. The molecule has 1 atom stereocenters. The quantitative estimate of drug-likeness (QED) is 0.837. The molecule has 0 aliphatic carbocycles. The van der Waals surface area contributed by atoms with Crippen molar-refractivity contribution in [1.29, 1.82) is 0 Å². The lowest BCUT2D eigenvalue weighted by Crippen LogP contribution is -2.42. The average molecular weight is 306 g/mol. The van der Waals surface area contributed by atoms with E-state index < -0.39 is 12.0 Å². The second-order valence-electron chi connectivity index (χ2n) is 4.27. The number of nitrogens with one attached hydrogen (secondary N) is 1. The molecule has 1 aromatic rings. The minimum absolute atomic E-state index is 0.107. The Balaban J connectivity index is 1.91. The zero-order valence-corrected chi connectivity index (χ0v) is 11.5. The van der Waals surface area contributed by atoms with E-state index in [9.17, 15) is 9.59 Å². The zero-order chi connectivity index (χ0) is 14.0. The van der Waals surface area contributed by atoms with Crippen LogP contribution in [0.1, 0.15) is 23.3 Å². The fourth-order valence-electron chi connectivity index (χ4n) is 2.06. The van der Waals surface area contributed by atoms with Gasteiger partial charge >= 0.3 is 12.0 Å². The van der Waals surface area contributed by atoms with Crippen LogP contribution in [0, 0.1) is 0 Å². The highest BCUT2D eigenvalue weighted by atomic mass is 35.5.